The fraction of sp³-hybridized carbons (Fsp3) is 0.316. The Bertz CT molecular complexity index is 730. The largest absolute Gasteiger partial charge is 0.381 e. The number of carbonyl (C=O) groups excluding carboxylic acids is 1. The highest BCUT2D eigenvalue weighted by atomic mass is 35.5. The second-order valence-electron chi connectivity index (χ2n) is 6.19. The van der Waals surface area contributed by atoms with Crippen molar-refractivity contribution in [3.05, 3.63) is 64.9 Å². The second kappa shape index (κ2) is 7.85. The Morgan fingerprint density at radius 1 is 1.12 bits per heavy atom. The molecular weight excluding hydrogens is 343 g/mol. The first-order chi connectivity index (χ1) is 12.1. The number of rotatable bonds is 4. The quantitative estimate of drug-likeness (QED) is 0.849. The van der Waals surface area contributed by atoms with E-state index in [0.717, 1.165) is 18.4 Å². The lowest BCUT2D eigenvalue weighted by atomic mass is 9.74. The Balaban J connectivity index is 1.70. The van der Waals surface area contributed by atoms with Gasteiger partial charge in [-0.2, -0.15) is 0 Å². The van der Waals surface area contributed by atoms with Crippen LogP contribution in [0.5, 0.6) is 0 Å². The number of benzene rings is 2. The van der Waals surface area contributed by atoms with Crippen molar-refractivity contribution in [3.63, 3.8) is 0 Å². The average molecular weight is 363 g/mol. The smallest absolute Gasteiger partial charge is 0.319 e. The van der Waals surface area contributed by atoms with Gasteiger partial charge in [0.15, 0.2) is 0 Å². The van der Waals surface area contributed by atoms with Crippen LogP contribution in [0.4, 0.5) is 14.9 Å². The SMILES string of the molecule is O=C(NCC1(c2ccc(F)cc2)CCOCC1)Nc1ccccc1Cl. The lowest BCUT2D eigenvalue weighted by Crippen LogP contribution is -2.45. The zero-order chi connectivity index (χ0) is 17.7. The summed E-state index contributed by atoms with van der Waals surface area (Å²) in [5, 5.41) is 6.16. The van der Waals surface area contributed by atoms with Crippen LogP contribution in [0.15, 0.2) is 48.5 Å². The third-order valence-electron chi connectivity index (χ3n) is 4.62. The topological polar surface area (TPSA) is 50.4 Å². The molecule has 0 radical (unpaired) electrons. The molecule has 4 nitrogen and oxygen atoms in total. The highest BCUT2D eigenvalue weighted by molar-refractivity contribution is 6.33. The molecule has 1 aliphatic rings. The first-order valence-electron chi connectivity index (χ1n) is 8.22. The van der Waals surface area contributed by atoms with Crippen LogP contribution in [-0.2, 0) is 10.2 Å². The van der Waals surface area contributed by atoms with Gasteiger partial charge in [-0.1, -0.05) is 35.9 Å². The molecule has 2 amide bonds. The van der Waals surface area contributed by atoms with E-state index < -0.39 is 0 Å². The Morgan fingerprint density at radius 3 is 2.48 bits per heavy atom. The Kier molecular flexibility index (Phi) is 5.56. The van der Waals surface area contributed by atoms with Gasteiger partial charge in [-0.25, -0.2) is 9.18 Å². The van der Waals surface area contributed by atoms with Gasteiger partial charge in [-0.15, -0.1) is 0 Å². The van der Waals surface area contributed by atoms with Crippen molar-refractivity contribution in [2.75, 3.05) is 25.1 Å². The number of amides is 2. The number of hydrogen-bond donors (Lipinski definition) is 2. The average Bonchev–Trinajstić information content (AvgIpc) is 2.63. The molecule has 6 heteroatoms. The Labute approximate surface area is 151 Å². The maximum Gasteiger partial charge on any atom is 0.319 e. The molecule has 25 heavy (non-hydrogen) atoms. The van der Waals surface area contributed by atoms with Crippen molar-refractivity contribution in [2.45, 2.75) is 18.3 Å². The fourth-order valence-corrected chi connectivity index (χ4v) is 3.29. The van der Waals surface area contributed by atoms with Crippen molar-refractivity contribution in [3.8, 4) is 0 Å². The van der Waals surface area contributed by atoms with Crippen LogP contribution >= 0.6 is 11.6 Å². The molecule has 0 spiro atoms. The minimum absolute atomic E-state index is 0.260. The van der Waals surface area contributed by atoms with E-state index in [1.165, 1.54) is 12.1 Å². The third kappa shape index (κ3) is 4.30. The predicted octanol–water partition coefficient (Wildman–Crippen LogP) is 4.35. The molecule has 2 aromatic carbocycles. The first kappa shape index (κ1) is 17.7. The van der Waals surface area contributed by atoms with Crippen molar-refractivity contribution >= 4 is 23.3 Å². The Morgan fingerprint density at radius 2 is 1.80 bits per heavy atom. The number of anilines is 1. The molecule has 0 atom stereocenters. The molecule has 0 aliphatic carbocycles. The first-order valence-corrected chi connectivity index (χ1v) is 8.60. The van der Waals surface area contributed by atoms with Gasteiger partial charge in [0.25, 0.3) is 0 Å². The maximum absolute atomic E-state index is 13.3. The van der Waals surface area contributed by atoms with Crippen LogP contribution in [-0.4, -0.2) is 25.8 Å². The third-order valence-corrected chi connectivity index (χ3v) is 4.95. The molecular formula is C19H20ClFN2O2. The van der Waals surface area contributed by atoms with Gasteiger partial charge in [-0.3, -0.25) is 0 Å². The molecule has 0 bridgehead atoms. The van der Waals surface area contributed by atoms with Gasteiger partial charge in [0.05, 0.1) is 10.7 Å². The highest BCUT2D eigenvalue weighted by Crippen LogP contribution is 2.34. The molecule has 2 aromatic rings. The van der Waals surface area contributed by atoms with Crippen molar-refractivity contribution < 1.29 is 13.9 Å². The van der Waals surface area contributed by atoms with Crippen molar-refractivity contribution in [1.82, 2.24) is 5.32 Å². The molecule has 132 valence electrons. The monoisotopic (exact) mass is 362 g/mol. The van der Waals surface area contributed by atoms with Gasteiger partial charge >= 0.3 is 6.03 Å². The second-order valence-corrected chi connectivity index (χ2v) is 6.59. The van der Waals surface area contributed by atoms with Crippen LogP contribution < -0.4 is 10.6 Å². The van der Waals surface area contributed by atoms with Crippen LogP contribution in [0.2, 0.25) is 5.02 Å². The molecule has 1 aliphatic heterocycles. The minimum Gasteiger partial charge on any atom is -0.381 e. The van der Waals surface area contributed by atoms with E-state index in [1.54, 1.807) is 36.4 Å². The van der Waals surface area contributed by atoms with E-state index in [0.29, 0.717) is 30.5 Å². The summed E-state index contributed by atoms with van der Waals surface area (Å²) in [6, 6.07) is 13.2. The van der Waals surface area contributed by atoms with E-state index in [9.17, 15) is 9.18 Å². The van der Waals surface area contributed by atoms with E-state index in [-0.39, 0.29) is 17.3 Å². The maximum atomic E-state index is 13.3. The molecule has 0 saturated carbocycles. The van der Waals surface area contributed by atoms with E-state index in [2.05, 4.69) is 10.6 Å². The standard InChI is InChI=1S/C19H20ClFN2O2/c20-16-3-1-2-4-17(16)23-18(24)22-13-19(9-11-25-12-10-19)14-5-7-15(21)8-6-14/h1-8H,9-13H2,(H2,22,23,24). The number of carbonyl (C=O) groups is 1. The fourth-order valence-electron chi connectivity index (χ4n) is 3.11. The van der Waals surface area contributed by atoms with Gasteiger partial charge in [-0.05, 0) is 42.7 Å². The molecule has 0 aromatic heterocycles. The summed E-state index contributed by atoms with van der Waals surface area (Å²) in [4.78, 5) is 12.3. The van der Waals surface area contributed by atoms with Gasteiger partial charge < -0.3 is 15.4 Å². The lowest BCUT2D eigenvalue weighted by Gasteiger charge is -2.38. The highest BCUT2D eigenvalue weighted by Gasteiger charge is 2.34. The molecule has 3 rings (SSSR count). The van der Waals surface area contributed by atoms with Crippen LogP contribution in [0.25, 0.3) is 0 Å². The lowest BCUT2D eigenvalue weighted by molar-refractivity contribution is 0.0508. The van der Waals surface area contributed by atoms with Crippen molar-refractivity contribution in [2.24, 2.45) is 0 Å². The summed E-state index contributed by atoms with van der Waals surface area (Å²) in [5.74, 6) is -0.268. The Hall–Kier alpha value is -2.11. The van der Waals surface area contributed by atoms with Crippen LogP contribution in [0.1, 0.15) is 18.4 Å². The van der Waals surface area contributed by atoms with Gasteiger partial charge in [0.1, 0.15) is 5.82 Å². The van der Waals surface area contributed by atoms with Gasteiger partial charge in [0, 0.05) is 25.2 Å². The van der Waals surface area contributed by atoms with Crippen LogP contribution in [0, 0.1) is 5.82 Å². The molecule has 1 saturated heterocycles. The van der Waals surface area contributed by atoms with E-state index in [1.807, 2.05) is 0 Å². The summed E-state index contributed by atoms with van der Waals surface area (Å²) >= 11 is 6.06. The summed E-state index contributed by atoms with van der Waals surface area (Å²) < 4.78 is 18.7. The zero-order valence-corrected chi connectivity index (χ0v) is 14.5. The number of nitrogens with one attached hydrogen (secondary N) is 2. The summed E-state index contributed by atoms with van der Waals surface area (Å²) in [6.07, 6.45) is 1.54. The van der Waals surface area contributed by atoms with Gasteiger partial charge in [0.2, 0.25) is 0 Å². The molecule has 1 fully saturated rings. The molecule has 0 unspecified atom stereocenters. The zero-order valence-electron chi connectivity index (χ0n) is 13.7. The minimum atomic E-state index is -0.318. The molecule has 1 heterocycles. The number of para-hydroxylation sites is 1. The van der Waals surface area contributed by atoms with E-state index >= 15 is 0 Å². The molecule has 2 N–H and O–H groups in total. The number of hydrogen-bond acceptors (Lipinski definition) is 2. The number of halogens is 2. The number of urea groups is 1. The summed E-state index contributed by atoms with van der Waals surface area (Å²) in [7, 11) is 0. The summed E-state index contributed by atoms with van der Waals surface area (Å²) in [5.41, 5.74) is 1.31. The predicted molar refractivity (Wildman–Crippen MR) is 96.6 cm³/mol. The normalized spacial score (nSPS) is 16.2. The summed E-state index contributed by atoms with van der Waals surface area (Å²) in [6.45, 7) is 1.68. The van der Waals surface area contributed by atoms with E-state index in [4.69, 9.17) is 16.3 Å². The number of ether oxygens (including phenoxy) is 1. The van der Waals surface area contributed by atoms with Crippen LogP contribution in [0.3, 0.4) is 0 Å². The van der Waals surface area contributed by atoms with Crippen molar-refractivity contribution in [1.29, 1.82) is 0 Å².